The number of carbonyl (C=O) groups is 1. The first-order chi connectivity index (χ1) is 6.25. The Balaban J connectivity index is 0.00000169. The molecule has 0 saturated carbocycles. The Labute approximate surface area is 105 Å². The minimum atomic E-state index is -1.24. The smallest absolute Gasteiger partial charge is 0.545 e. The summed E-state index contributed by atoms with van der Waals surface area (Å²) in [5, 5.41) is 10.6. The zero-order valence-corrected chi connectivity index (χ0v) is 10.0. The minimum absolute atomic E-state index is 0. The minimum Gasteiger partial charge on any atom is -0.545 e. The molecule has 0 aliphatic heterocycles. The quantitative estimate of drug-likeness (QED) is 0.403. The Hall–Kier alpha value is -0.770. The number of carboxylic acid groups (broad SMARTS) is 1. The van der Waals surface area contributed by atoms with Crippen LogP contribution in [0.5, 0.6) is 5.75 Å². The largest absolute Gasteiger partial charge is 1.00 e. The van der Waals surface area contributed by atoms with Gasteiger partial charge in [-0.05, 0) is 12.1 Å². The number of benzene rings is 1. The van der Waals surface area contributed by atoms with Gasteiger partial charge in [-0.3, -0.25) is 0 Å². The van der Waals surface area contributed by atoms with E-state index in [0.29, 0.717) is 5.75 Å². The number of aromatic carboxylic acids is 1. The van der Waals surface area contributed by atoms with E-state index in [0.717, 1.165) is 0 Å². The van der Waals surface area contributed by atoms with Gasteiger partial charge < -0.3 is 14.6 Å². The number of carbonyl (C=O) groups excluding carboxylic acids is 1. The summed E-state index contributed by atoms with van der Waals surface area (Å²) < 4.78 is 5.11. The normalized spacial score (nSPS) is 8.57. The molecule has 0 radical (unpaired) electrons. The molecule has 4 heteroatoms. The van der Waals surface area contributed by atoms with Crippen LogP contribution in [0.3, 0.4) is 0 Å². The van der Waals surface area contributed by atoms with E-state index >= 15 is 0 Å². The zero-order chi connectivity index (χ0) is 9.68. The Kier molecular flexibility index (Phi) is 6.28. The standard InChI is InChI=1S/C10H10O3.Na/c1-2-7-13-9-6-4-3-5-8(9)10(11)12;/h2-6H,1,7H2,(H,11,12);/q;+1/p-1. The molecule has 0 aliphatic carbocycles. The van der Waals surface area contributed by atoms with Crippen molar-refractivity contribution in [2.45, 2.75) is 0 Å². The van der Waals surface area contributed by atoms with Gasteiger partial charge in [-0.1, -0.05) is 24.8 Å². The molecule has 0 amide bonds. The van der Waals surface area contributed by atoms with Crippen LogP contribution in [0.2, 0.25) is 0 Å². The maximum atomic E-state index is 10.6. The van der Waals surface area contributed by atoms with Crippen molar-refractivity contribution in [2.75, 3.05) is 6.61 Å². The average Bonchev–Trinajstić information content (AvgIpc) is 2.15. The summed E-state index contributed by atoms with van der Waals surface area (Å²) in [5.74, 6) is -0.929. The molecule has 0 aliphatic rings. The molecule has 1 rings (SSSR count). The van der Waals surface area contributed by atoms with Gasteiger partial charge in [0, 0.05) is 5.56 Å². The van der Waals surface area contributed by atoms with E-state index in [9.17, 15) is 9.90 Å². The van der Waals surface area contributed by atoms with Crippen molar-refractivity contribution in [3.05, 3.63) is 42.5 Å². The first-order valence-corrected chi connectivity index (χ1v) is 3.79. The van der Waals surface area contributed by atoms with E-state index in [1.54, 1.807) is 24.3 Å². The van der Waals surface area contributed by atoms with Crippen LogP contribution in [0.25, 0.3) is 0 Å². The second kappa shape index (κ2) is 6.65. The second-order valence-electron chi connectivity index (χ2n) is 2.38. The van der Waals surface area contributed by atoms with Crippen molar-refractivity contribution in [1.29, 1.82) is 0 Å². The van der Waals surface area contributed by atoms with Crippen LogP contribution in [-0.2, 0) is 0 Å². The fourth-order valence-corrected chi connectivity index (χ4v) is 0.910. The van der Waals surface area contributed by atoms with E-state index in [2.05, 4.69) is 6.58 Å². The molecular weight excluding hydrogens is 191 g/mol. The fraction of sp³-hybridized carbons (Fsp3) is 0.100. The molecule has 0 spiro atoms. The van der Waals surface area contributed by atoms with Crippen LogP contribution in [0.4, 0.5) is 0 Å². The maximum Gasteiger partial charge on any atom is 1.00 e. The summed E-state index contributed by atoms with van der Waals surface area (Å²) in [4.78, 5) is 10.6. The molecule has 0 N–H and O–H groups in total. The summed E-state index contributed by atoms with van der Waals surface area (Å²) >= 11 is 0. The van der Waals surface area contributed by atoms with Crippen LogP contribution >= 0.6 is 0 Å². The van der Waals surface area contributed by atoms with E-state index in [1.807, 2.05) is 0 Å². The zero-order valence-electron chi connectivity index (χ0n) is 8.03. The maximum absolute atomic E-state index is 10.6. The third kappa shape index (κ3) is 3.54. The molecule has 0 saturated heterocycles. The van der Waals surface area contributed by atoms with Gasteiger partial charge >= 0.3 is 29.6 Å². The Morgan fingerprint density at radius 1 is 1.50 bits per heavy atom. The number of hydrogen-bond acceptors (Lipinski definition) is 3. The predicted molar refractivity (Wildman–Crippen MR) is 46.5 cm³/mol. The molecule has 0 fully saturated rings. The third-order valence-corrected chi connectivity index (χ3v) is 1.46. The van der Waals surface area contributed by atoms with Crippen LogP contribution in [0.15, 0.2) is 36.9 Å². The molecule has 3 nitrogen and oxygen atoms in total. The van der Waals surface area contributed by atoms with Gasteiger partial charge in [-0.25, -0.2) is 0 Å². The molecule has 0 heterocycles. The van der Waals surface area contributed by atoms with Gasteiger partial charge in [0.05, 0.1) is 5.97 Å². The monoisotopic (exact) mass is 200 g/mol. The molecular formula is C10H9NaO3. The van der Waals surface area contributed by atoms with Crippen LogP contribution in [-0.4, -0.2) is 12.6 Å². The van der Waals surface area contributed by atoms with Crippen molar-refractivity contribution in [3.63, 3.8) is 0 Å². The summed E-state index contributed by atoms with van der Waals surface area (Å²) in [6.07, 6.45) is 1.55. The second-order valence-corrected chi connectivity index (χ2v) is 2.38. The molecule has 68 valence electrons. The Bertz CT molecular complexity index is 323. The molecule has 0 bridgehead atoms. The molecule has 14 heavy (non-hydrogen) atoms. The van der Waals surface area contributed by atoms with Gasteiger partial charge in [-0.2, -0.15) is 0 Å². The van der Waals surface area contributed by atoms with Gasteiger partial charge in [0.25, 0.3) is 0 Å². The van der Waals surface area contributed by atoms with Crippen molar-refractivity contribution in [1.82, 2.24) is 0 Å². The number of ether oxygens (including phenoxy) is 1. The number of para-hydroxylation sites is 1. The first-order valence-electron chi connectivity index (χ1n) is 3.79. The fourth-order valence-electron chi connectivity index (χ4n) is 0.910. The number of carboxylic acids is 1. The summed E-state index contributed by atoms with van der Waals surface area (Å²) in [6.45, 7) is 3.74. The van der Waals surface area contributed by atoms with E-state index in [1.165, 1.54) is 6.07 Å². The molecule has 1 aromatic carbocycles. The van der Waals surface area contributed by atoms with Crippen molar-refractivity contribution in [3.8, 4) is 5.75 Å². The molecule has 0 aromatic heterocycles. The van der Waals surface area contributed by atoms with Gasteiger partial charge in [0.15, 0.2) is 0 Å². The average molecular weight is 200 g/mol. The Morgan fingerprint density at radius 3 is 2.71 bits per heavy atom. The van der Waals surface area contributed by atoms with Crippen LogP contribution in [0, 0.1) is 0 Å². The van der Waals surface area contributed by atoms with Gasteiger partial charge in [0.2, 0.25) is 0 Å². The third-order valence-electron chi connectivity index (χ3n) is 1.46. The summed E-state index contributed by atoms with van der Waals surface area (Å²) in [7, 11) is 0. The van der Waals surface area contributed by atoms with Crippen molar-refractivity contribution in [2.24, 2.45) is 0 Å². The summed E-state index contributed by atoms with van der Waals surface area (Å²) in [5.41, 5.74) is 0.0596. The number of hydrogen-bond donors (Lipinski definition) is 0. The van der Waals surface area contributed by atoms with Gasteiger partial charge in [-0.15, -0.1) is 0 Å². The molecule has 0 atom stereocenters. The van der Waals surface area contributed by atoms with Crippen LogP contribution < -0.4 is 39.4 Å². The van der Waals surface area contributed by atoms with E-state index in [4.69, 9.17) is 4.74 Å². The first kappa shape index (κ1) is 13.2. The molecule has 1 aromatic rings. The van der Waals surface area contributed by atoms with E-state index < -0.39 is 5.97 Å². The SMILES string of the molecule is C=CCOc1ccccc1C(=O)[O-].[Na+]. The van der Waals surface area contributed by atoms with Crippen LogP contribution in [0.1, 0.15) is 10.4 Å². The van der Waals surface area contributed by atoms with Crippen molar-refractivity contribution < 1.29 is 44.2 Å². The topological polar surface area (TPSA) is 49.4 Å². The van der Waals surface area contributed by atoms with E-state index in [-0.39, 0.29) is 41.7 Å². The molecule has 0 unspecified atom stereocenters. The van der Waals surface area contributed by atoms with Gasteiger partial charge in [0.1, 0.15) is 12.4 Å². The van der Waals surface area contributed by atoms with Crippen molar-refractivity contribution >= 4 is 5.97 Å². The summed E-state index contributed by atoms with van der Waals surface area (Å²) in [6, 6.07) is 6.33. The predicted octanol–water partition coefficient (Wildman–Crippen LogP) is -2.38. The number of rotatable bonds is 4. The Morgan fingerprint density at radius 2 is 2.14 bits per heavy atom.